The molecule has 28 heavy (non-hydrogen) atoms. The zero-order valence-corrected chi connectivity index (χ0v) is 15.8. The number of hydroxylamine groups is 1. The molecule has 0 radical (unpaired) electrons. The van der Waals surface area contributed by atoms with Gasteiger partial charge in [-0.15, -0.1) is 0 Å². The maximum Gasteiger partial charge on any atom is 0.261 e. The van der Waals surface area contributed by atoms with Crippen molar-refractivity contribution in [1.29, 1.82) is 0 Å². The molecular formula is C21H20N2O4S. The molecule has 0 saturated heterocycles. The van der Waals surface area contributed by atoms with Gasteiger partial charge >= 0.3 is 0 Å². The molecule has 144 valence electrons. The summed E-state index contributed by atoms with van der Waals surface area (Å²) in [4.78, 5) is 12.2. The quantitative estimate of drug-likeness (QED) is 0.423. The molecule has 6 nitrogen and oxygen atoms in total. The Morgan fingerprint density at radius 2 is 1.43 bits per heavy atom. The fourth-order valence-corrected chi connectivity index (χ4v) is 4.35. The minimum Gasteiger partial charge on any atom is -0.289 e. The standard InChI is InChI=1S/C21H20N2O4S/c24-21(22-25)19(15-16-9-3-1-4-10-16)23-28(26,27)20-14-8-7-13-18(20)17-11-5-2-6-12-17/h1-14,19,23,25H,15H2,(H,22,24)/t19-/m0/s1. The minimum absolute atomic E-state index is 0.0602. The number of benzene rings is 3. The summed E-state index contributed by atoms with van der Waals surface area (Å²) in [6.45, 7) is 0. The molecular weight excluding hydrogens is 376 g/mol. The second-order valence-electron chi connectivity index (χ2n) is 6.20. The van der Waals surface area contributed by atoms with Gasteiger partial charge in [0.05, 0.1) is 4.90 Å². The van der Waals surface area contributed by atoms with Gasteiger partial charge in [-0.05, 0) is 23.6 Å². The molecule has 3 aromatic rings. The summed E-state index contributed by atoms with van der Waals surface area (Å²) in [6.07, 6.45) is 0.0972. The minimum atomic E-state index is -4.04. The van der Waals surface area contributed by atoms with Crippen LogP contribution in [0, 0.1) is 0 Å². The van der Waals surface area contributed by atoms with E-state index in [1.54, 1.807) is 42.5 Å². The number of hydrogen-bond acceptors (Lipinski definition) is 4. The summed E-state index contributed by atoms with van der Waals surface area (Å²) in [7, 11) is -4.04. The largest absolute Gasteiger partial charge is 0.289 e. The molecule has 0 heterocycles. The zero-order valence-electron chi connectivity index (χ0n) is 14.9. The predicted octanol–water partition coefficient (Wildman–Crippen LogP) is 2.75. The van der Waals surface area contributed by atoms with E-state index in [-0.39, 0.29) is 11.3 Å². The Hall–Kier alpha value is -3.00. The molecule has 3 N–H and O–H groups in total. The highest BCUT2D eigenvalue weighted by Crippen LogP contribution is 2.27. The van der Waals surface area contributed by atoms with Crippen molar-refractivity contribution in [3.05, 3.63) is 90.5 Å². The molecule has 0 fully saturated rings. The van der Waals surface area contributed by atoms with Crippen molar-refractivity contribution >= 4 is 15.9 Å². The summed E-state index contributed by atoms with van der Waals surface area (Å²) in [6, 6.07) is 23.5. The fraction of sp³-hybridized carbons (Fsp3) is 0.0952. The molecule has 0 aliphatic heterocycles. The van der Waals surface area contributed by atoms with E-state index in [0.29, 0.717) is 5.56 Å². The summed E-state index contributed by atoms with van der Waals surface area (Å²) in [5, 5.41) is 9.05. The van der Waals surface area contributed by atoms with E-state index in [2.05, 4.69) is 4.72 Å². The van der Waals surface area contributed by atoms with Crippen LogP contribution in [0.5, 0.6) is 0 Å². The van der Waals surface area contributed by atoms with Crippen LogP contribution < -0.4 is 10.2 Å². The second-order valence-corrected chi connectivity index (χ2v) is 7.88. The first kappa shape index (κ1) is 19.8. The van der Waals surface area contributed by atoms with Crippen molar-refractivity contribution in [2.75, 3.05) is 0 Å². The van der Waals surface area contributed by atoms with E-state index in [4.69, 9.17) is 5.21 Å². The van der Waals surface area contributed by atoms with E-state index < -0.39 is 22.0 Å². The zero-order chi connectivity index (χ0) is 20.0. The normalized spacial score (nSPS) is 12.3. The molecule has 3 aromatic carbocycles. The van der Waals surface area contributed by atoms with Crippen LogP contribution in [0.4, 0.5) is 0 Å². The summed E-state index contributed by atoms with van der Waals surface area (Å²) in [5.41, 5.74) is 3.57. The molecule has 1 amide bonds. The van der Waals surface area contributed by atoms with Crippen molar-refractivity contribution in [1.82, 2.24) is 10.2 Å². The third kappa shape index (κ3) is 4.64. The van der Waals surface area contributed by atoms with Gasteiger partial charge in [0.25, 0.3) is 5.91 Å². The molecule has 0 saturated carbocycles. The monoisotopic (exact) mass is 396 g/mol. The molecule has 0 aromatic heterocycles. The van der Waals surface area contributed by atoms with Crippen molar-refractivity contribution < 1.29 is 18.4 Å². The lowest BCUT2D eigenvalue weighted by atomic mass is 10.1. The lowest BCUT2D eigenvalue weighted by Gasteiger charge is -2.18. The van der Waals surface area contributed by atoms with Gasteiger partial charge in [-0.1, -0.05) is 78.9 Å². The first-order valence-corrected chi connectivity index (χ1v) is 10.1. The lowest BCUT2D eigenvalue weighted by Crippen LogP contribution is -2.47. The van der Waals surface area contributed by atoms with Crippen molar-refractivity contribution in [2.24, 2.45) is 0 Å². The maximum atomic E-state index is 13.1. The first-order chi connectivity index (χ1) is 13.5. The van der Waals surface area contributed by atoms with E-state index >= 15 is 0 Å². The molecule has 1 atom stereocenters. The number of hydrogen-bond donors (Lipinski definition) is 3. The van der Waals surface area contributed by atoms with Gasteiger partial charge in [-0.3, -0.25) is 10.0 Å². The Bertz CT molecular complexity index is 1040. The molecule has 0 spiro atoms. The Kier molecular flexibility index (Phi) is 6.20. The molecule has 3 rings (SSSR count). The van der Waals surface area contributed by atoms with Crippen molar-refractivity contribution in [3.8, 4) is 11.1 Å². The van der Waals surface area contributed by atoms with Gasteiger partial charge in [0, 0.05) is 5.56 Å². The van der Waals surface area contributed by atoms with E-state index in [1.807, 2.05) is 36.4 Å². The van der Waals surface area contributed by atoms with Crippen LogP contribution in [-0.2, 0) is 21.2 Å². The van der Waals surface area contributed by atoms with Crippen LogP contribution in [0.3, 0.4) is 0 Å². The molecule has 0 aliphatic carbocycles. The highest BCUT2D eigenvalue weighted by atomic mass is 32.2. The number of rotatable bonds is 7. The van der Waals surface area contributed by atoms with E-state index in [1.165, 1.54) is 11.5 Å². The number of carbonyl (C=O) groups is 1. The van der Waals surface area contributed by atoms with E-state index in [0.717, 1.165) is 11.1 Å². The number of amides is 1. The third-order valence-corrected chi connectivity index (χ3v) is 5.80. The van der Waals surface area contributed by atoms with Crippen LogP contribution >= 0.6 is 0 Å². The predicted molar refractivity (Wildman–Crippen MR) is 106 cm³/mol. The van der Waals surface area contributed by atoms with Crippen molar-refractivity contribution in [2.45, 2.75) is 17.4 Å². The molecule has 0 unspecified atom stereocenters. The van der Waals surface area contributed by atoms with Gasteiger partial charge in [0.15, 0.2) is 0 Å². The highest BCUT2D eigenvalue weighted by molar-refractivity contribution is 7.89. The summed E-state index contributed by atoms with van der Waals surface area (Å²) >= 11 is 0. The van der Waals surface area contributed by atoms with Crippen LogP contribution in [0.1, 0.15) is 5.56 Å². The second kappa shape index (κ2) is 8.79. The summed E-state index contributed by atoms with van der Waals surface area (Å²) < 4.78 is 28.6. The number of sulfonamides is 1. The highest BCUT2D eigenvalue weighted by Gasteiger charge is 2.27. The topological polar surface area (TPSA) is 95.5 Å². The summed E-state index contributed by atoms with van der Waals surface area (Å²) in [5.74, 6) is -0.829. The molecule has 0 bridgehead atoms. The Morgan fingerprint density at radius 3 is 2.07 bits per heavy atom. The number of carbonyl (C=O) groups excluding carboxylic acids is 1. The lowest BCUT2D eigenvalue weighted by molar-refractivity contribution is -0.130. The van der Waals surface area contributed by atoms with Gasteiger partial charge < -0.3 is 0 Å². The Morgan fingerprint density at radius 1 is 0.857 bits per heavy atom. The first-order valence-electron chi connectivity index (χ1n) is 8.66. The Balaban J connectivity index is 1.95. The third-order valence-electron chi connectivity index (χ3n) is 4.27. The maximum absolute atomic E-state index is 13.1. The fourth-order valence-electron chi connectivity index (χ4n) is 2.92. The smallest absolute Gasteiger partial charge is 0.261 e. The molecule has 0 aliphatic rings. The van der Waals surface area contributed by atoms with Crippen LogP contribution in [0.15, 0.2) is 89.8 Å². The van der Waals surface area contributed by atoms with Crippen LogP contribution in [0.2, 0.25) is 0 Å². The van der Waals surface area contributed by atoms with Crippen LogP contribution in [0.25, 0.3) is 11.1 Å². The average molecular weight is 396 g/mol. The van der Waals surface area contributed by atoms with Gasteiger partial charge in [0.1, 0.15) is 6.04 Å². The number of nitrogens with one attached hydrogen (secondary N) is 2. The average Bonchev–Trinajstić information content (AvgIpc) is 2.74. The SMILES string of the molecule is O=C(NO)[C@H](Cc1ccccc1)NS(=O)(=O)c1ccccc1-c1ccccc1. The van der Waals surface area contributed by atoms with Gasteiger partial charge in [-0.2, -0.15) is 4.72 Å². The van der Waals surface area contributed by atoms with Crippen molar-refractivity contribution in [3.63, 3.8) is 0 Å². The molecule has 7 heteroatoms. The Labute approximate surface area is 163 Å². The van der Waals surface area contributed by atoms with Crippen LogP contribution in [-0.4, -0.2) is 25.6 Å². The van der Waals surface area contributed by atoms with Gasteiger partial charge in [-0.25, -0.2) is 13.9 Å². The van der Waals surface area contributed by atoms with E-state index in [9.17, 15) is 13.2 Å². The van der Waals surface area contributed by atoms with Gasteiger partial charge in [0.2, 0.25) is 10.0 Å².